The molecule has 24 heavy (non-hydrogen) atoms. The third-order valence-electron chi connectivity index (χ3n) is 5.08. The molecule has 1 aliphatic carbocycles. The molecule has 0 aliphatic heterocycles. The summed E-state index contributed by atoms with van der Waals surface area (Å²) >= 11 is 0.309. The van der Waals surface area contributed by atoms with E-state index in [1.807, 2.05) is 25.1 Å². The molecule has 0 amide bonds. The van der Waals surface area contributed by atoms with Gasteiger partial charge in [0, 0.05) is 0 Å². The molecule has 1 aromatic rings. The molecule has 1 aromatic carbocycles. The van der Waals surface area contributed by atoms with Crippen molar-refractivity contribution in [3.05, 3.63) is 30.3 Å². The summed E-state index contributed by atoms with van der Waals surface area (Å²) in [6.07, 6.45) is 5.01. The van der Waals surface area contributed by atoms with E-state index in [4.69, 9.17) is 0 Å². The summed E-state index contributed by atoms with van der Waals surface area (Å²) in [7, 11) is 0. The minimum atomic E-state index is -0.888. The molecule has 4 heteroatoms. The molecule has 2 N–H and O–H groups in total. The third-order valence-corrected chi connectivity index (χ3v) is 7.27. The van der Waals surface area contributed by atoms with Crippen LogP contribution in [0, 0.1) is 11.8 Å². The van der Waals surface area contributed by atoms with Crippen molar-refractivity contribution in [3.63, 3.8) is 0 Å². The quantitative estimate of drug-likeness (QED) is 0.630. The summed E-state index contributed by atoms with van der Waals surface area (Å²) in [4.78, 5) is 12.8. The van der Waals surface area contributed by atoms with Crippen LogP contribution in [0.15, 0.2) is 30.3 Å². The zero-order valence-corrected chi connectivity index (χ0v) is 16.3. The van der Waals surface area contributed by atoms with Crippen LogP contribution >= 0.6 is 0 Å². The predicted molar refractivity (Wildman–Crippen MR) is 98.6 cm³/mol. The first kappa shape index (κ1) is 19.7. The minimum absolute atomic E-state index is 0.0949. The van der Waals surface area contributed by atoms with Crippen LogP contribution in [0.5, 0.6) is 0 Å². The molecule has 3 unspecified atom stereocenters. The Balaban J connectivity index is 1.92. The molecule has 1 saturated carbocycles. The van der Waals surface area contributed by atoms with Gasteiger partial charge in [0.1, 0.15) is 0 Å². The number of hydrogen-bond donors (Lipinski definition) is 2. The average Bonchev–Trinajstić information content (AvgIpc) is 2.65. The summed E-state index contributed by atoms with van der Waals surface area (Å²) in [5, 5.41) is 21.7. The first-order valence-corrected chi connectivity index (χ1v) is 11.3. The van der Waals surface area contributed by atoms with Crippen molar-refractivity contribution in [3.8, 4) is 0 Å². The van der Waals surface area contributed by atoms with E-state index >= 15 is 0 Å². The van der Waals surface area contributed by atoms with Crippen molar-refractivity contribution >= 4 is 25.2 Å². The molecule has 134 valence electrons. The number of hydrogen-bond acceptors (Lipinski definition) is 3. The van der Waals surface area contributed by atoms with Crippen LogP contribution < -0.4 is 4.46 Å². The molecule has 0 bridgehead atoms. The Labute approximate surface area is 152 Å². The number of Topliss-reactive ketones (excluding diaryl/α,β-unsaturated/α-hetero) is 1. The van der Waals surface area contributed by atoms with Gasteiger partial charge in [0.25, 0.3) is 0 Å². The van der Waals surface area contributed by atoms with Crippen molar-refractivity contribution in [2.45, 2.75) is 69.4 Å². The molecule has 3 nitrogen and oxygen atoms in total. The molecular weight excluding hydrogens is 367 g/mol. The van der Waals surface area contributed by atoms with Gasteiger partial charge in [-0.25, -0.2) is 0 Å². The third kappa shape index (κ3) is 5.70. The summed E-state index contributed by atoms with van der Waals surface area (Å²) in [6, 6.07) is 10.3. The second-order valence-corrected chi connectivity index (χ2v) is 9.23. The van der Waals surface area contributed by atoms with E-state index < -0.39 is 18.1 Å². The van der Waals surface area contributed by atoms with Crippen molar-refractivity contribution in [1.82, 2.24) is 0 Å². The first-order chi connectivity index (χ1) is 11.6. The van der Waals surface area contributed by atoms with Gasteiger partial charge in [0.2, 0.25) is 0 Å². The monoisotopic (exact) mass is 398 g/mol. The van der Waals surface area contributed by atoms with Gasteiger partial charge in [0.15, 0.2) is 0 Å². The van der Waals surface area contributed by atoms with Crippen LogP contribution in [0.2, 0.25) is 5.32 Å². The summed E-state index contributed by atoms with van der Waals surface area (Å²) in [5.41, 5.74) is 0. The molecule has 1 aliphatic rings. The van der Waals surface area contributed by atoms with E-state index in [1.165, 1.54) is 10.9 Å². The Hall–Kier alpha value is -0.671. The number of aliphatic hydroxyl groups is 2. The van der Waals surface area contributed by atoms with Gasteiger partial charge in [-0.05, 0) is 0 Å². The van der Waals surface area contributed by atoms with Gasteiger partial charge in [-0.1, -0.05) is 0 Å². The average molecular weight is 397 g/mol. The number of carbonyl (C=O) groups is 1. The Bertz CT molecular complexity index is 485. The first-order valence-electron chi connectivity index (χ1n) is 9.21. The van der Waals surface area contributed by atoms with E-state index in [9.17, 15) is 15.0 Å². The van der Waals surface area contributed by atoms with Crippen molar-refractivity contribution in [2.24, 2.45) is 11.8 Å². The zero-order valence-electron chi connectivity index (χ0n) is 14.6. The fourth-order valence-electron chi connectivity index (χ4n) is 3.53. The van der Waals surface area contributed by atoms with Crippen LogP contribution in [-0.4, -0.2) is 43.2 Å². The maximum absolute atomic E-state index is 12.8. The van der Waals surface area contributed by atoms with Crippen molar-refractivity contribution in [2.75, 3.05) is 0 Å². The molecule has 0 radical (unpaired) electrons. The van der Waals surface area contributed by atoms with Crippen LogP contribution in [0.4, 0.5) is 0 Å². The standard InChI is InChI=1S/C20H30O3Se/c1-2-18(21)17(13-14-24-16-11-7-4-8-12-16)20(23)19(22)15-9-5-3-6-10-15/h4,7-8,11-12,15,17-19,21-22H,2-3,5-6,9-10,13-14H2,1H3. The van der Waals surface area contributed by atoms with Crippen LogP contribution in [0.3, 0.4) is 0 Å². The summed E-state index contributed by atoms with van der Waals surface area (Å²) in [5.74, 6) is -0.449. The van der Waals surface area contributed by atoms with Crippen molar-refractivity contribution in [1.29, 1.82) is 0 Å². The summed E-state index contributed by atoms with van der Waals surface area (Å²) < 4.78 is 1.31. The molecule has 2 rings (SSSR count). The SMILES string of the molecule is CCC(O)C(CC[Se]c1ccccc1)C(=O)C(O)C1CCCCC1. The second kappa shape index (κ2) is 10.3. The second-order valence-electron chi connectivity index (χ2n) is 6.78. The number of benzene rings is 1. The molecule has 0 saturated heterocycles. The van der Waals surface area contributed by atoms with Crippen LogP contribution in [0.1, 0.15) is 51.9 Å². The van der Waals surface area contributed by atoms with E-state index in [-0.39, 0.29) is 11.7 Å². The topological polar surface area (TPSA) is 57.5 Å². The van der Waals surface area contributed by atoms with E-state index in [1.54, 1.807) is 0 Å². The molecular formula is C20H30O3Se. The van der Waals surface area contributed by atoms with Gasteiger partial charge in [0.05, 0.1) is 0 Å². The number of carbonyl (C=O) groups excluding carboxylic acids is 1. The van der Waals surface area contributed by atoms with Gasteiger partial charge in [-0.15, -0.1) is 0 Å². The Morgan fingerprint density at radius 3 is 2.46 bits per heavy atom. The van der Waals surface area contributed by atoms with Crippen LogP contribution in [-0.2, 0) is 4.79 Å². The number of rotatable bonds is 9. The summed E-state index contributed by atoms with van der Waals surface area (Å²) in [6.45, 7) is 1.90. The predicted octanol–water partition coefficient (Wildman–Crippen LogP) is 2.72. The van der Waals surface area contributed by atoms with Gasteiger partial charge >= 0.3 is 152 Å². The van der Waals surface area contributed by atoms with Gasteiger partial charge in [-0.2, -0.15) is 0 Å². The zero-order chi connectivity index (χ0) is 17.4. The molecule has 0 aromatic heterocycles. The fourth-order valence-corrected chi connectivity index (χ4v) is 5.54. The maximum atomic E-state index is 12.8. The van der Waals surface area contributed by atoms with E-state index in [2.05, 4.69) is 12.1 Å². The van der Waals surface area contributed by atoms with Gasteiger partial charge in [-0.3, -0.25) is 0 Å². The van der Waals surface area contributed by atoms with E-state index in [0.29, 0.717) is 27.8 Å². The normalized spacial score (nSPS) is 19.6. The molecule has 3 atom stereocenters. The Morgan fingerprint density at radius 1 is 1.17 bits per heavy atom. The van der Waals surface area contributed by atoms with Crippen molar-refractivity contribution < 1.29 is 15.0 Å². The molecule has 0 spiro atoms. The Kier molecular flexibility index (Phi) is 8.47. The Morgan fingerprint density at radius 2 is 1.83 bits per heavy atom. The fraction of sp³-hybridized carbons (Fsp3) is 0.650. The van der Waals surface area contributed by atoms with Crippen LogP contribution in [0.25, 0.3) is 0 Å². The molecule has 1 fully saturated rings. The van der Waals surface area contributed by atoms with Gasteiger partial charge < -0.3 is 0 Å². The molecule has 0 heterocycles. The van der Waals surface area contributed by atoms with E-state index in [0.717, 1.165) is 31.0 Å². The number of aliphatic hydroxyl groups excluding tert-OH is 2. The number of ketones is 1.